The van der Waals surface area contributed by atoms with Gasteiger partial charge in [0.25, 0.3) is 0 Å². The van der Waals surface area contributed by atoms with Crippen LogP contribution < -0.4 is 10.2 Å². The van der Waals surface area contributed by atoms with Crippen molar-refractivity contribution < 1.29 is 17.9 Å². The van der Waals surface area contributed by atoms with Crippen molar-refractivity contribution in [1.82, 2.24) is 9.21 Å². The van der Waals surface area contributed by atoms with Crippen molar-refractivity contribution in [3.8, 4) is 0 Å². The number of nitrogens with zero attached hydrogens (tertiary/aromatic N) is 3. The Morgan fingerprint density at radius 2 is 1.68 bits per heavy atom. The number of morpholine rings is 1. The molecule has 2 aromatic rings. The molecular weight excluding hydrogens is 452 g/mol. The van der Waals surface area contributed by atoms with Crippen molar-refractivity contribution in [2.75, 3.05) is 56.7 Å². The van der Waals surface area contributed by atoms with Crippen LogP contribution in [-0.2, 0) is 26.1 Å². The molecule has 0 saturated carbocycles. The minimum absolute atomic E-state index is 0.137. The van der Waals surface area contributed by atoms with E-state index >= 15 is 0 Å². The van der Waals surface area contributed by atoms with E-state index in [0.29, 0.717) is 25.3 Å². The highest BCUT2D eigenvalue weighted by Gasteiger charge is 2.27. The molecule has 2 aliphatic rings. The summed E-state index contributed by atoms with van der Waals surface area (Å²) in [5.74, 6) is -0.137. The lowest BCUT2D eigenvalue weighted by Crippen LogP contribution is -2.40. The molecule has 2 aromatic carbocycles. The summed E-state index contributed by atoms with van der Waals surface area (Å²) < 4.78 is 32.4. The van der Waals surface area contributed by atoms with Gasteiger partial charge in [-0.3, -0.25) is 9.69 Å². The summed E-state index contributed by atoms with van der Waals surface area (Å²) in [7, 11) is -1.52. The molecule has 9 heteroatoms. The SMILES string of the molecule is CC(C(=O)Nc1ccc(S(=O)(=O)N2CCCC2)cc1)N(C)Cc1ccccc1N1CCOCC1. The van der Waals surface area contributed by atoms with Gasteiger partial charge in [0, 0.05) is 44.1 Å². The van der Waals surface area contributed by atoms with Crippen LogP contribution in [0.4, 0.5) is 11.4 Å². The maximum absolute atomic E-state index is 12.9. The van der Waals surface area contributed by atoms with E-state index in [4.69, 9.17) is 4.74 Å². The highest BCUT2D eigenvalue weighted by Crippen LogP contribution is 2.24. The summed E-state index contributed by atoms with van der Waals surface area (Å²) in [6, 6.07) is 14.4. The first kappa shape index (κ1) is 24.7. The van der Waals surface area contributed by atoms with Gasteiger partial charge in [-0.25, -0.2) is 8.42 Å². The Morgan fingerprint density at radius 1 is 1.03 bits per heavy atom. The zero-order chi connectivity index (χ0) is 24.1. The fourth-order valence-electron chi connectivity index (χ4n) is 4.40. The number of ether oxygens (including phenoxy) is 1. The smallest absolute Gasteiger partial charge is 0.243 e. The molecule has 34 heavy (non-hydrogen) atoms. The fourth-order valence-corrected chi connectivity index (χ4v) is 5.91. The van der Waals surface area contributed by atoms with Gasteiger partial charge in [-0.1, -0.05) is 18.2 Å². The second-order valence-corrected chi connectivity index (χ2v) is 10.9. The van der Waals surface area contributed by atoms with E-state index in [9.17, 15) is 13.2 Å². The minimum atomic E-state index is -3.46. The lowest BCUT2D eigenvalue weighted by Gasteiger charge is -2.32. The minimum Gasteiger partial charge on any atom is -0.378 e. The topological polar surface area (TPSA) is 82.2 Å². The van der Waals surface area contributed by atoms with Gasteiger partial charge in [0.2, 0.25) is 15.9 Å². The maximum atomic E-state index is 12.9. The molecule has 4 rings (SSSR count). The van der Waals surface area contributed by atoms with Crippen LogP contribution in [0, 0.1) is 0 Å². The number of carbonyl (C=O) groups is 1. The highest BCUT2D eigenvalue weighted by atomic mass is 32.2. The molecule has 1 atom stereocenters. The molecule has 2 aliphatic heterocycles. The summed E-state index contributed by atoms with van der Waals surface area (Å²) >= 11 is 0. The molecule has 1 amide bonds. The number of nitrogens with one attached hydrogen (secondary N) is 1. The van der Waals surface area contributed by atoms with Crippen LogP contribution in [-0.4, -0.2) is 76.0 Å². The van der Waals surface area contributed by atoms with Gasteiger partial charge in [-0.15, -0.1) is 0 Å². The summed E-state index contributed by atoms with van der Waals surface area (Å²) in [6.07, 6.45) is 1.80. The Morgan fingerprint density at radius 3 is 2.35 bits per heavy atom. The first-order valence-electron chi connectivity index (χ1n) is 11.9. The molecule has 2 heterocycles. The van der Waals surface area contributed by atoms with Crippen LogP contribution in [0.1, 0.15) is 25.3 Å². The fraction of sp³-hybridized carbons (Fsp3) is 0.480. The van der Waals surface area contributed by atoms with Gasteiger partial charge in [-0.05, 0) is 62.7 Å². The molecule has 0 aromatic heterocycles. The monoisotopic (exact) mass is 486 g/mol. The second-order valence-electron chi connectivity index (χ2n) is 8.94. The molecule has 1 N–H and O–H groups in total. The van der Waals surface area contributed by atoms with Gasteiger partial charge in [-0.2, -0.15) is 4.31 Å². The third-order valence-corrected chi connectivity index (χ3v) is 8.54. The molecule has 2 fully saturated rings. The lowest BCUT2D eigenvalue weighted by molar-refractivity contribution is -0.120. The summed E-state index contributed by atoms with van der Waals surface area (Å²) in [5.41, 5.74) is 2.93. The quantitative estimate of drug-likeness (QED) is 0.618. The van der Waals surface area contributed by atoms with Gasteiger partial charge >= 0.3 is 0 Å². The van der Waals surface area contributed by atoms with E-state index < -0.39 is 10.0 Å². The van der Waals surface area contributed by atoms with Crippen LogP contribution in [0.3, 0.4) is 0 Å². The molecule has 0 radical (unpaired) electrons. The van der Waals surface area contributed by atoms with Crippen molar-refractivity contribution in [3.63, 3.8) is 0 Å². The summed E-state index contributed by atoms with van der Waals surface area (Å²) in [6.45, 7) is 6.81. The van der Waals surface area contributed by atoms with E-state index in [0.717, 1.165) is 39.1 Å². The van der Waals surface area contributed by atoms with Crippen LogP contribution in [0.25, 0.3) is 0 Å². The standard InChI is InChI=1S/C25H34N4O4S/c1-20(27(2)19-21-7-3-4-8-24(21)28-15-17-33-18-16-28)25(30)26-22-9-11-23(12-10-22)34(31,32)29-13-5-6-14-29/h3-4,7-12,20H,5-6,13-19H2,1-2H3,(H,26,30). The number of sulfonamides is 1. The van der Waals surface area contributed by atoms with Gasteiger partial charge in [0.15, 0.2) is 0 Å². The zero-order valence-electron chi connectivity index (χ0n) is 19.9. The molecule has 0 spiro atoms. The molecule has 0 bridgehead atoms. The highest BCUT2D eigenvalue weighted by molar-refractivity contribution is 7.89. The number of amides is 1. The van der Waals surface area contributed by atoms with Crippen LogP contribution in [0.15, 0.2) is 53.4 Å². The van der Waals surface area contributed by atoms with Crippen LogP contribution in [0.2, 0.25) is 0 Å². The Labute approximate surface area is 202 Å². The van der Waals surface area contributed by atoms with E-state index in [2.05, 4.69) is 22.3 Å². The number of rotatable bonds is 8. The van der Waals surface area contributed by atoms with Gasteiger partial charge in [0.1, 0.15) is 0 Å². The predicted octanol–water partition coefficient (Wildman–Crippen LogP) is 2.77. The Hall–Kier alpha value is -2.46. The van der Waals surface area contributed by atoms with Crippen LogP contribution >= 0.6 is 0 Å². The third kappa shape index (κ3) is 5.60. The zero-order valence-corrected chi connectivity index (χ0v) is 20.8. The van der Waals surface area contributed by atoms with Gasteiger partial charge in [0.05, 0.1) is 24.2 Å². The Bertz CT molecular complexity index is 1080. The summed E-state index contributed by atoms with van der Waals surface area (Å²) in [5, 5.41) is 2.92. The number of benzene rings is 2. The second kappa shape index (κ2) is 10.9. The van der Waals surface area contributed by atoms with Crippen molar-refractivity contribution in [1.29, 1.82) is 0 Å². The van der Waals surface area contributed by atoms with E-state index in [1.165, 1.54) is 15.6 Å². The number of carbonyl (C=O) groups excluding carboxylic acids is 1. The van der Waals surface area contributed by atoms with E-state index in [1.807, 2.05) is 31.0 Å². The molecular formula is C25H34N4O4S. The molecule has 0 aliphatic carbocycles. The predicted molar refractivity (Wildman–Crippen MR) is 133 cm³/mol. The van der Waals surface area contributed by atoms with Crippen molar-refractivity contribution >= 4 is 27.3 Å². The third-order valence-electron chi connectivity index (χ3n) is 6.63. The molecule has 184 valence electrons. The normalized spacial score (nSPS) is 18.3. The first-order valence-corrected chi connectivity index (χ1v) is 13.3. The maximum Gasteiger partial charge on any atom is 0.243 e. The van der Waals surface area contributed by atoms with Gasteiger partial charge < -0.3 is 15.0 Å². The Balaban J connectivity index is 1.37. The van der Waals surface area contributed by atoms with Crippen molar-refractivity contribution in [2.24, 2.45) is 0 Å². The van der Waals surface area contributed by atoms with E-state index in [1.54, 1.807) is 24.3 Å². The number of likely N-dealkylation sites (N-methyl/N-ethyl adjacent to an activating group) is 1. The van der Waals surface area contributed by atoms with Crippen LogP contribution in [0.5, 0.6) is 0 Å². The van der Waals surface area contributed by atoms with Crippen molar-refractivity contribution in [2.45, 2.75) is 37.2 Å². The Kier molecular flexibility index (Phi) is 7.88. The molecule has 2 saturated heterocycles. The largest absolute Gasteiger partial charge is 0.378 e. The number of hydrogen-bond donors (Lipinski definition) is 1. The molecule has 1 unspecified atom stereocenters. The summed E-state index contributed by atoms with van der Waals surface area (Å²) in [4.78, 5) is 17.5. The number of anilines is 2. The number of para-hydroxylation sites is 1. The average molecular weight is 487 g/mol. The lowest BCUT2D eigenvalue weighted by atomic mass is 10.1. The van der Waals surface area contributed by atoms with Crippen molar-refractivity contribution in [3.05, 3.63) is 54.1 Å². The number of hydrogen-bond acceptors (Lipinski definition) is 6. The average Bonchev–Trinajstić information content (AvgIpc) is 3.41. The molecule has 8 nitrogen and oxygen atoms in total. The first-order chi connectivity index (χ1) is 16.4. The van der Waals surface area contributed by atoms with E-state index in [-0.39, 0.29) is 16.8 Å².